The highest BCUT2D eigenvalue weighted by Crippen LogP contribution is 2.34. The first-order valence-electron chi connectivity index (χ1n) is 12.9. The minimum Gasteiger partial charge on any atom is -0.497 e. The molecule has 1 fully saturated rings. The van der Waals surface area contributed by atoms with Crippen LogP contribution in [0.1, 0.15) is 68.1 Å². The molecule has 194 valence electrons. The molecule has 0 amide bonds. The molecule has 0 spiro atoms. The Kier molecular flexibility index (Phi) is 7.50. The molecule has 5 rings (SSSR count). The molecule has 2 aromatic carbocycles. The van der Waals surface area contributed by atoms with Crippen molar-refractivity contribution in [3.05, 3.63) is 75.8 Å². The summed E-state index contributed by atoms with van der Waals surface area (Å²) in [6.45, 7) is 3.15. The van der Waals surface area contributed by atoms with E-state index in [1.54, 1.807) is 14.2 Å². The van der Waals surface area contributed by atoms with Crippen molar-refractivity contribution in [3.8, 4) is 11.5 Å². The van der Waals surface area contributed by atoms with E-state index in [4.69, 9.17) is 9.47 Å². The van der Waals surface area contributed by atoms with Gasteiger partial charge >= 0.3 is 0 Å². The number of nitrogens with zero attached hydrogens (tertiary/aromatic N) is 5. The normalized spacial score (nSPS) is 14.9. The maximum Gasteiger partial charge on any atom is 0.252 e. The smallest absolute Gasteiger partial charge is 0.252 e. The summed E-state index contributed by atoms with van der Waals surface area (Å²) in [5.74, 6) is 2.41. The Labute approximate surface area is 216 Å². The molecule has 1 N–H and O–H groups in total. The molecular formula is C28H34N6O3. The van der Waals surface area contributed by atoms with Crippen molar-refractivity contribution < 1.29 is 9.47 Å². The van der Waals surface area contributed by atoms with Crippen LogP contribution < -0.4 is 15.0 Å². The van der Waals surface area contributed by atoms with Gasteiger partial charge in [0.1, 0.15) is 11.5 Å². The quantitative estimate of drug-likeness (QED) is 0.333. The second-order valence-corrected chi connectivity index (χ2v) is 9.64. The van der Waals surface area contributed by atoms with Crippen LogP contribution in [-0.2, 0) is 13.1 Å². The zero-order chi connectivity index (χ0) is 25.8. The maximum absolute atomic E-state index is 13.2. The van der Waals surface area contributed by atoms with Crippen molar-refractivity contribution in [2.45, 2.75) is 64.2 Å². The van der Waals surface area contributed by atoms with Crippen molar-refractivity contribution in [1.82, 2.24) is 30.1 Å². The molecule has 1 aliphatic carbocycles. The zero-order valence-electron chi connectivity index (χ0n) is 21.7. The standard InChI is InChI=1S/C28H34N6O3/c1-4-25(27-30-31-32-34(27)22-10-6-7-11-22)33(17-19-9-5-8-12-26(19)37-3)18-21-15-20-16-23(36-2)13-14-24(20)29-28(21)35/h5,8-9,12-16,22,25H,4,6-7,10-11,17-18H2,1-3H3,(H,29,35)/t25-/m1/s1. The van der Waals surface area contributed by atoms with Gasteiger partial charge in [0.05, 0.1) is 26.3 Å². The van der Waals surface area contributed by atoms with Gasteiger partial charge in [0.2, 0.25) is 0 Å². The molecule has 0 bridgehead atoms. The number of hydrogen-bond donors (Lipinski definition) is 1. The van der Waals surface area contributed by atoms with Crippen LogP contribution in [-0.4, -0.2) is 44.3 Å². The number of methoxy groups -OCH3 is 2. The fourth-order valence-electron chi connectivity index (χ4n) is 5.45. The van der Waals surface area contributed by atoms with Gasteiger partial charge in [-0.3, -0.25) is 9.69 Å². The lowest BCUT2D eigenvalue weighted by Gasteiger charge is -2.31. The van der Waals surface area contributed by atoms with Crippen molar-refractivity contribution in [2.75, 3.05) is 14.2 Å². The molecule has 0 saturated heterocycles. The van der Waals surface area contributed by atoms with E-state index in [2.05, 4.69) is 38.4 Å². The Hall–Kier alpha value is -3.72. The number of rotatable bonds is 10. The number of ether oxygens (including phenoxy) is 2. The van der Waals surface area contributed by atoms with Crippen LogP contribution >= 0.6 is 0 Å². The first-order valence-corrected chi connectivity index (χ1v) is 12.9. The van der Waals surface area contributed by atoms with Crippen LogP contribution in [0, 0.1) is 0 Å². The molecule has 0 aliphatic heterocycles. The number of pyridine rings is 1. The third-order valence-electron chi connectivity index (χ3n) is 7.38. The predicted molar refractivity (Wildman–Crippen MR) is 142 cm³/mol. The molecule has 2 aromatic heterocycles. The molecule has 9 heteroatoms. The lowest BCUT2D eigenvalue weighted by Crippen LogP contribution is -2.33. The van der Waals surface area contributed by atoms with E-state index < -0.39 is 0 Å². The van der Waals surface area contributed by atoms with E-state index in [1.165, 1.54) is 12.8 Å². The molecule has 1 saturated carbocycles. The summed E-state index contributed by atoms with van der Waals surface area (Å²) in [6.07, 6.45) is 5.37. The SMILES string of the molecule is CC[C@H](c1nnnn1C1CCCC1)N(Cc1ccccc1OC)Cc1cc2cc(OC)ccc2[nH]c1=O. The molecule has 2 heterocycles. The van der Waals surface area contributed by atoms with Crippen LogP contribution in [0.15, 0.2) is 53.3 Å². The Balaban J connectivity index is 1.56. The molecule has 4 aromatic rings. The Morgan fingerprint density at radius 2 is 1.84 bits per heavy atom. The largest absolute Gasteiger partial charge is 0.497 e. The van der Waals surface area contributed by atoms with Gasteiger partial charge in [-0.1, -0.05) is 38.0 Å². The van der Waals surface area contributed by atoms with Crippen LogP contribution in [0.5, 0.6) is 11.5 Å². The van der Waals surface area contributed by atoms with Gasteiger partial charge in [0, 0.05) is 35.1 Å². The van der Waals surface area contributed by atoms with E-state index in [0.29, 0.717) is 24.7 Å². The second-order valence-electron chi connectivity index (χ2n) is 9.64. The molecule has 37 heavy (non-hydrogen) atoms. The summed E-state index contributed by atoms with van der Waals surface area (Å²) in [6, 6.07) is 15.9. The molecule has 0 radical (unpaired) electrons. The topological polar surface area (TPSA) is 98.2 Å². The monoisotopic (exact) mass is 502 g/mol. The van der Waals surface area contributed by atoms with Gasteiger partial charge in [0.15, 0.2) is 5.82 Å². The lowest BCUT2D eigenvalue weighted by molar-refractivity contribution is 0.156. The molecule has 1 atom stereocenters. The average Bonchev–Trinajstić information content (AvgIpc) is 3.62. The Morgan fingerprint density at radius 1 is 1.05 bits per heavy atom. The highest BCUT2D eigenvalue weighted by Gasteiger charge is 2.30. The number of benzene rings is 2. The van der Waals surface area contributed by atoms with Gasteiger partial charge in [-0.2, -0.15) is 0 Å². The van der Waals surface area contributed by atoms with Gasteiger partial charge in [0.25, 0.3) is 5.56 Å². The molecule has 9 nitrogen and oxygen atoms in total. The Morgan fingerprint density at radius 3 is 2.59 bits per heavy atom. The minimum atomic E-state index is -0.104. The summed E-state index contributed by atoms with van der Waals surface area (Å²) in [4.78, 5) is 18.5. The van der Waals surface area contributed by atoms with Crippen LogP contribution in [0.25, 0.3) is 10.9 Å². The molecule has 0 unspecified atom stereocenters. The van der Waals surface area contributed by atoms with Crippen LogP contribution in [0.3, 0.4) is 0 Å². The fourth-order valence-corrected chi connectivity index (χ4v) is 5.45. The summed E-state index contributed by atoms with van der Waals surface area (Å²) in [5, 5.41) is 13.9. The molecule has 1 aliphatic rings. The van der Waals surface area contributed by atoms with Gasteiger partial charge in [-0.15, -0.1) is 5.10 Å². The number of nitrogens with one attached hydrogen (secondary N) is 1. The van der Waals surface area contributed by atoms with E-state index >= 15 is 0 Å². The number of aromatic amines is 1. The van der Waals surface area contributed by atoms with Gasteiger partial charge in [-0.25, -0.2) is 4.68 Å². The number of para-hydroxylation sites is 1. The molecular weight excluding hydrogens is 468 g/mol. The van der Waals surface area contributed by atoms with E-state index in [-0.39, 0.29) is 11.6 Å². The minimum absolute atomic E-state index is 0.0825. The fraction of sp³-hybridized carbons (Fsp3) is 0.429. The van der Waals surface area contributed by atoms with Crippen molar-refractivity contribution >= 4 is 10.9 Å². The number of hydrogen-bond acceptors (Lipinski definition) is 7. The van der Waals surface area contributed by atoms with Crippen molar-refractivity contribution in [1.29, 1.82) is 0 Å². The van der Waals surface area contributed by atoms with Crippen LogP contribution in [0.4, 0.5) is 0 Å². The highest BCUT2D eigenvalue weighted by atomic mass is 16.5. The van der Waals surface area contributed by atoms with Gasteiger partial charge in [-0.05, 0) is 60.0 Å². The van der Waals surface area contributed by atoms with E-state index in [1.807, 2.05) is 47.1 Å². The summed E-state index contributed by atoms with van der Waals surface area (Å²) in [7, 11) is 3.33. The second kappa shape index (κ2) is 11.1. The maximum atomic E-state index is 13.2. The summed E-state index contributed by atoms with van der Waals surface area (Å²) >= 11 is 0. The Bertz CT molecular complexity index is 1410. The summed E-state index contributed by atoms with van der Waals surface area (Å²) in [5.41, 5.74) is 2.40. The number of tetrazole rings is 1. The summed E-state index contributed by atoms with van der Waals surface area (Å²) < 4.78 is 13.1. The average molecular weight is 503 g/mol. The third-order valence-corrected chi connectivity index (χ3v) is 7.38. The first-order chi connectivity index (χ1) is 18.1. The number of aromatic nitrogens is 5. The number of H-pyrrole nitrogens is 1. The third kappa shape index (κ3) is 5.22. The number of fused-ring (bicyclic) bond motifs is 1. The van der Waals surface area contributed by atoms with Crippen LogP contribution in [0.2, 0.25) is 0 Å². The van der Waals surface area contributed by atoms with Crippen molar-refractivity contribution in [2.24, 2.45) is 0 Å². The van der Waals surface area contributed by atoms with E-state index in [0.717, 1.165) is 53.1 Å². The predicted octanol–water partition coefficient (Wildman–Crippen LogP) is 4.80. The lowest BCUT2D eigenvalue weighted by atomic mass is 10.1. The van der Waals surface area contributed by atoms with Gasteiger partial charge < -0.3 is 14.5 Å². The van der Waals surface area contributed by atoms with E-state index in [9.17, 15) is 4.79 Å². The van der Waals surface area contributed by atoms with Crippen molar-refractivity contribution in [3.63, 3.8) is 0 Å². The highest BCUT2D eigenvalue weighted by molar-refractivity contribution is 5.80. The zero-order valence-corrected chi connectivity index (χ0v) is 21.7. The first kappa shape index (κ1) is 25.0.